The Labute approximate surface area is 162 Å². The molecule has 1 aliphatic heterocycles. The molecule has 9 heteroatoms. The number of fused-ring (bicyclic) bond motifs is 1. The summed E-state index contributed by atoms with van der Waals surface area (Å²) in [6.07, 6.45) is -4.44. The Morgan fingerprint density at radius 3 is 2.64 bits per heavy atom. The largest absolute Gasteiger partial charge is 0.609 e. The Balaban J connectivity index is 1.58. The van der Waals surface area contributed by atoms with Crippen molar-refractivity contribution in [3.8, 4) is 0 Å². The number of H-pyrrole nitrogens is 1. The standard InChI is InChI=1S/C19H18F3N3O2S/c20-19(21,22)14-5-6-15-16(11-14)24-18(23-15)28(26)12-13-3-1-2-4-17(13)25-7-9-27-10-8-25/h1-6,11H,7-10,12H2,(H,23,24). The number of benzene rings is 2. The first-order valence-electron chi connectivity index (χ1n) is 8.78. The Hall–Kier alpha value is -2.23. The van der Waals surface area contributed by atoms with Crippen molar-refractivity contribution in [2.24, 2.45) is 0 Å². The molecular weight excluding hydrogens is 391 g/mol. The molecule has 1 fully saturated rings. The number of anilines is 1. The van der Waals surface area contributed by atoms with E-state index in [1.165, 1.54) is 6.07 Å². The monoisotopic (exact) mass is 409 g/mol. The third-order valence-electron chi connectivity index (χ3n) is 4.63. The van der Waals surface area contributed by atoms with Gasteiger partial charge in [-0.2, -0.15) is 18.2 Å². The zero-order valence-electron chi connectivity index (χ0n) is 14.8. The highest BCUT2D eigenvalue weighted by molar-refractivity contribution is 7.90. The predicted molar refractivity (Wildman–Crippen MR) is 101 cm³/mol. The van der Waals surface area contributed by atoms with Gasteiger partial charge in [-0.05, 0) is 24.3 Å². The van der Waals surface area contributed by atoms with Crippen molar-refractivity contribution in [1.82, 2.24) is 9.97 Å². The van der Waals surface area contributed by atoms with Crippen LogP contribution in [0.4, 0.5) is 18.9 Å². The maximum absolute atomic E-state index is 12.9. The summed E-state index contributed by atoms with van der Waals surface area (Å²) in [6.45, 7) is 2.80. The first kappa shape index (κ1) is 19.1. The van der Waals surface area contributed by atoms with Crippen LogP contribution in [0.1, 0.15) is 11.1 Å². The predicted octanol–water partition coefficient (Wildman–Crippen LogP) is 3.73. The number of alkyl halides is 3. The van der Waals surface area contributed by atoms with E-state index < -0.39 is 22.9 Å². The number of nitrogens with zero attached hydrogens (tertiary/aromatic N) is 2. The van der Waals surface area contributed by atoms with Crippen LogP contribution >= 0.6 is 0 Å². The molecule has 1 aliphatic rings. The number of hydrogen-bond acceptors (Lipinski definition) is 4. The normalized spacial score (nSPS) is 16.5. The SMILES string of the molecule is [O-][S+](Cc1ccccc1N1CCOCC1)c1nc2cc(C(F)(F)F)ccc2[nH]1. The molecule has 0 amide bonds. The van der Waals surface area contributed by atoms with Gasteiger partial charge >= 0.3 is 11.3 Å². The quantitative estimate of drug-likeness (QED) is 0.667. The Kier molecular flexibility index (Phi) is 5.22. The molecule has 0 saturated carbocycles. The van der Waals surface area contributed by atoms with Crippen molar-refractivity contribution in [2.45, 2.75) is 17.1 Å². The Morgan fingerprint density at radius 1 is 1.14 bits per heavy atom. The molecule has 0 aliphatic carbocycles. The number of imidazole rings is 1. The number of aromatic amines is 1. The number of para-hydroxylation sites is 1. The molecule has 0 spiro atoms. The van der Waals surface area contributed by atoms with Crippen LogP contribution < -0.4 is 4.90 Å². The topological polar surface area (TPSA) is 64.2 Å². The molecule has 1 aromatic heterocycles. The second-order valence-electron chi connectivity index (χ2n) is 6.49. The fraction of sp³-hybridized carbons (Fsp3) is 0.316. The molecule has 1 atom stereocenters. The fourth-order valence-corrected chi connectivity index (χ4v) is 4.31. The van der Waals surface area contributed by atoms with Crippen LogP contribution in [-0.4, -0.2) is 40.8 Å². The third kappa shape index (κ3) is 3.96. The lowest BCUT2D eigenvalue weighted by molar-refractivity contribution is -0.137. The van der Waals surface area contributed by atoms with E-state index in [1.54, 1.807) is 0 Å². The van der Waals surface area contributed by atoms with Gasteiger partial charge in [0.05, 0.1) is 29.8 Å². The van der Waals surface area contributed by atoms with E-state index in [1.807, 2.05) is 24.3 Å². The molecule has 3 aromatic rings. The van der Waals surface area contributed by atoms with Crippen LogP contribution in [0.3, 0.4) is 0 Å². The van der Waals surface area contributed by atoms with Crippen LogP contribution in [0.15, 0.2) is 47.6 Å². The smallest absolute Gasteiger partial charge is 0.416 e. The molecule has 4 rings (SSSR count). The number of ether oxygens (including phenoxy) is 1. The summed E-state index contributed by atoms with van der Waals surface area (Å²) >= 11 is -1.52. The molecule has 0 radical (unpaired) electrons. The summed E-state index contributed by atoms with van der Waals surface area (Å²) in [7, 11) is 0. The molecule has 2 heterocycles. The van der Waals surface area contributed by atoms with Crippen molar-refractivity contribution in [2.75, 3.05) is 31.2 Å². The zero-order chi connectivity index (χ0) is 19.7. The van der Waals surface area contributed by atoms with E-state index >= 15 is 0 Å². The maximum Gasteiger partial charge on any atom is 0.416 e. The number of aromatic nitrogens is 2. The number of morpholine rings is 1. The number of hydrogen-bond donors (Lipinski definition) is 1. The van der Waals surface area contributed by atoms with Crippen molar-refractivity contribution in [1.29, 1.82) is 0 Å². The third-order valence-corrected chi connectivity index (χ3v) is 5.83. The van der Waals surface area contributed by atoms with Crippen molar-refractivity contribution in [3.63, 3.8) is 0 Å². The van der Waals surface area contributed by atoms with Gasteiger partial charge in [0, 0.05) is 35.5 Å². The minimum absolute atomic E-state index is 0.152. The summed E-state index contributed by atoms with van der Waals surface area (Å²) in [6, 6.07) is 11.0. The molecular formula is C19H18F3N3O2S. The summed E-state index contributed by atoms with van der Waals surface area (Å²) in [4.78, 5) is 9.20. The van der Waals surface area contributed by atoms with Crippen molar-refractivity contribution >= 4 is 27.9 Å². The first-order valence-corrected chi connectivity index (χ1v) is 10.1. The van der Waals surface area contributed by atoms with Gasteiger partial charge in [0.1, 0.15) is 5.75 Å². The van der Waals surface area contributed by atoms with E-state index in [-0.39, 0.29) is 16.4 Å². The summed E-state index contributed by atoms with van der Waals surface area (Å²) in [5, 5.41) is 0.172. The molecule has 1 saturated heterocycles. The lowest BCUT2D eigenvalue weighted by atomic mass is 10.1. The van der Waals surface area contributed by atoms with Gasteiger partial charge in [0.25, 0.3) is 0 Å². The van der Waals surface area contributed by atoms with Crippen molar-refractivity contribution in [3.05, 3.63) is 53.6 Å². The van der Waals surface area contributed by atoms with E-state index in [2.05, 4.69) is 14.9 Å². The van der Waals surface area contributed by atoms with Crippen LogP contribution in [0.25, 0.3) is 11.0 Å². The lowest BCUT2D eigenvalue weighted by Crippen LogP contribution is -2.36. The summed E-state index contributed by atoms with van der Waals surface area (Å²) < 4.78 is 56.9. The van der Waals surface area contributed by atoms with Crippen LogP contribution in [0, 0.1) is 0 Å². The molecule has 5 nitrogen and oxygen atoms in total. The molecule has 148 valence electrons. The second-order valence-corrected chi connectivity index (χ2v) is 7.86. The maximum atomic E-state index is 12.9. The number of rotatable bonds is 4. The summed E-state index contributed by atoms with van der Waals surface area (Å²) in [5.74, 6) is 0.222. The Bertz CT molecular complexity index is 970. The van der Waals surface area contributed by atoms with Gasteiger partial charge in [-0.25, -0.2) is 0 Å². The highest BCUT2D eigenvalue weighted by Crippen LogP contribution is 2.32. The van der Waals surface area contributed by atoms with E-state index in [0.29, 0.717) is 18.7 Å². The first-order chi connectivity index (χ1) is 13.4. The van der Waals surface area contributed by atoms with Gasteiger partial charge in [0.15, 0.2) is 0 Å². The minimum Gasteiger partial charge on any atom is -0.609 e. The van der Waals surface area contributed by atoms with Gasteiger partial charge in [-0.3, -0.25) is 4.98 Å². The molecule has 28 heavy (non-hydrogen) atoms. The van der Waals surface area contributed by atoms with Crippen LogP contribution in [0.5, 0.6) is 0 Å². The van der Waals surface area contributed by atoms with E-state index in [0.717, 1.165) is 36.5 Å². The molecule has 1 unspecified atom stereocenters. The highest BCUT2D eigenvalue weighted by atomic mass is 32.2. The molecule has 2 aromatic carbocycles. The molecule has 1 N–H and O–H groups in total. The Morgan fingerprint density at radius 2 is 1.89 bits per heavy atom. The van der Waals surface area contributed by atoms with Gasteiger partial charge in [-0.1, -0.05) is 18.2 Å². The second kappa shape index (κ2) is 7.65. The molecule has 0 bridgehead atoms. The highest BCUT2D eigenvalue weighted by Gasteiger charge is 2.31. The number of nitrogens with one attached hydrogen (secondary N) is 1. The van der Waals surface area contributed by atoms with Crippen LogP contribution in [-0.2, 0) is 27.8 Å². The average molecular weight is 409 g/mol. The van der Waals surface area contributed by atoms with Gasteiger partial charge < -0.3 is 14.2 Å². The van der Waals surface area contributed by atoms with Crippen LogP contribution in [0.2, 0.25) is 0 Å². The van der Waals surface area contributed by atoms with E-state index in [4.69, 9.17) is 4.74 Å². The average Bonchev–Trinajstić information content (AvgIpc) is 3.12. The van der Waals surface area contributed by atoms with E-state index in [9.17, 15) is 17.7 Å². The number of halogens is 3. The fourth-order valence-electron chi connectivity index (χ4n) is 3.22. The van der Waals surface area contributed by atoms with Gasteiger partial charge in [-0.15, -0.1) is 0 Å². The lowest BCUT2D eigenvalue weighted by Gasteiger charge is -2.30. The summed E-state index contributed by atoms with van der Waals surface area (Å²) in [5.41, 5.74) is 1.70. The van der Waals surface area contributed by atoms with Gasteiger partial charge in [0.2, 0.25) is 0 Å². The minimum atomic E-state index is -4.44. The zero-order valence-corrected chi connectivity index (χ0v) is 15.6. The van der Waals surface area contributed by atoms with Crippen molar-refractivity contribution < 1.29 is 22.5 Å².